The number of rotatable bonds is 10. The molecule has 0 atom stereocenters. The second-order valence-electron chi connectivity index (χ2n) is 8.43. The monoisotopic (exact) mass is 394 g/mol. The van der Waals surface area contributed by atoms with Gasteiger partial charge in [-0.2, -0.15) is 0 Å². The van der Waals surface area contributed by atoms with Crippen LogP contribution in [0.2, 0.25) is 0 Å². The van der Waals surface area contributed by atoms with Crippen LogP contribution >= 0.6 is 0 Å². The molecule has 2 N–H and O–H groups in total. The normalized spacial score (nSPS) is 17.1. The average molecular weight is 395 g/mol. The highest BCUT2D eigenvalue weighted by Gasteiger charge is 2.35. The molecular weight excluding hydrogens is 360 g/mol. The summed E-state index contributed by atoms with van der Waals surface area (Å²) in [7, 11) is 0. The van der Waals surface area contributed by atoms with E-state index >= 15 is 0 Å². The van der Waals surface area contributed by atoms with Gasteiger partial charge in [0, 0.05) is 11.0 Å². The summed E-state index contributed by atoms with van der Waals surface area (Å²) in [5.74, 6) is 0.848. The zero-order chi connectivity index (χ0) is 20.7. The highest BCUT2D eigenvalue weighted by atomic mass is 16.5. The van der Waals surface area contributed by atoms with Crippen molar-refractivity contribution in [3.05, 3.63) is 47.5 Å². The molecule has 0 unspecified atom stereocenters. The molecule has 0 aliphatic carbocycles. The van der Waals surface area contributed by atoms with Crippen LogP contribution in [0.1, 0.15) is 71.3 Å². The van der Waals surface area contributed by atoms with Crippen molar-refractivity contribution in [1.29, 1.82) is 0 Å². The van der Waals surface area contributed by atoms with Gasteiger partial charge in [0.25, 0.3) is 5.91 Å². The van der Waals surface area contributed by atoms with Gasteiger partial charge < -0.3 is 4.74 Å². The van der Waals surface area contributed by atoms with E-state index in [1.54, 1.807) is 0 Å². The van der Waals surface area contributed by atoms with E-state index in [-0.39, 0.29) is 5.91 Å². The average Bonchev–Trinajstić information content (AvgIpc) is 2.98. The van der Waals surface area contributed by atoms with Crippen LogP contribution in [0.25, 0.3) is 16.8 Å². The largest absolute Gasteiger partial charge is 0.493 e. The molecule has 1 saturated heterocycles. The number of carbonyl (C=O) groups is 1. The van der Waals surface area contributed by atoms with E-state index < -0.39 is 5.54 Å². The minimum atomic E-state index is -0.398. The van der Waals surface area contributed by atoms with Gasteiger partial charge in [-0.3, -0.25) is 10.2 Å². The topological polar surface area (TPSA) is 50.4 Å². The predicted molar refractivity (Wildman–Crippen MR) is 121 cm³/mol. The van der Waals surface area contributed by atoms with E-state index in [1.165, 1.54) is 38.5 Å². The first-order valence-electron chi connectivity index (χ1n) is 11.0. The zero-order valence-corrected chi connectivity index (χ0v) is 18.0. The van der Waals surface area contributed by atoms with Crippen molar-refractivity contribution in [2.45, 2.75) is 71.3 Å². The van der Waals surface area contributed by atoms with E-state index in [2.05, 4.69) is 36.0 Å². The fourth-order valence-corrected chi connectivity index (χ4v) is 3.82. The van der Waals surface area contributed by atoms with Gasteiger partial charge >= 0.3 is 0 Å². The van der Waals surface area contributed by atoms with Gasteiger partial charge in [-0.1, -0.05) is 75.8 Å². The molecule has 4 nitrogen and oxygen atoms in total. The van der Waals surface area contributed by atoms with Crippen LogP contribution in [-0.4, -0.2) is 18.1 Å². The molecule has 0 spiro atoms. The number of hydrogen-bond acceptors (Lipinski definition) is 3. The zero-order valence-electron chi connectivity index (χ0n) is 18.0. The maximum absolute atomic E-state index is 12.2. The Labute approximate surface area is 174 Å². The highest BCUT2D eigenvalue weighted by Crippen LogP contribution is 2.32. The van der Waals surface area contributed by atoms with E-state index in [1.807, 2.05) is 38.1 Å². The number of hydrogen-bond donors (Lipinski definition) is 2. The van der Waals surface area contributed by atoms with Crippen molar-refractivity contribution >= 4 is 22.8 Å². The maximum Gasteiger partial charge on any atom is 0.263 e. The molecule has 29 heavy (non-hydrogen) atoms. The van der Waals surface area contributed by atoms with Crippen LogP contribution in [0, 0.1) is 0 Å². The van der Waals surface area contributed by atoms with Crippen LogP contribution in [0.5, 0.6) is 5.75 Å². The minimum absolute atomic E-state index is 0.0710. The van der Waals surface area contributed by atoms with Gasteiger partial charge in [0.1, 0.15) is 5.75 Å². The second-order valence-corrected chi connectivity index (χ2v) is 8.43. The predicted octanol–water partition coefficient (Wildman–Crippen LogP) is 5.77. The van der Waals surface area contributed by atoms with Gasteiger partial charge in [0.2, 0.25) is 0 Å². The molecule has 2 aromatic rings. The number of fused-ring (bicyclic) bond motifs is 1. The third kappa shape index (κ3) is 5.39. The maximum atomic E-state index is 12.2. The molecule has 4 heteroatoms. The number of hydrazine groups is 1. The Morgan fingerprint density at radius 2 is 1.62 bits per heavy atom. The second kappa shape index (κ2) is 9.93. The third-order valence-electron chi connectivity index (χ3n) is 5.63. The quantitative estimate of drug-likeness (QED) is 0.397. The number of amides is 1. The first-order chi connectivity index (χ1) is 14.0. The van der Waals surface area contributed by atoms with Gasteiger partial charge in [-0.05, 0) is 43.4 Å². The number of benzene rings is 2. The Balaban J connectivity index is 1.69. The standard InChI is InChI=1S/C25H34N2O2/c1-4-5-6-7-8-9-12-17-29-23-16-15-19(20-13-10-11-14-21(20)23)18-22-24(28)26-27-25(22,2)3/h10-11,13-16,18,27H,4-9,12,17H2,1-3H3,(H,26,28)/b22-18+. The molecule has 0 saturated carbocycles. The molecule has 0 aromatic heterocycles. The van der Waals surface area contributed by atoms with Crippen molar-refractivity contribution in [3.8, 4) is 5.75 Å². The van der Waals surface area contributed by atoms with E-state index in [0.29, 0.717) is 0 Å². The van der Waals surface area contributed by atoms with Crippen LogP contribution < -0.4 is 15.6 Å². The summed E-state index contributed by atoms with van der Waals surface area (Å²) in [4.78, 5) is 12.2. The lowest BCUT2D eigenvalue weighted by atomic mass is 9.92. The molecule has 1 aliphatic rings. The van der Waals surface area contributed by atoms with Crippen LogP contribution in [-0.2, 0) is 4.79 Å². The van der Waals surface area contributed by atoms with Crippen molar-refractivity contribution in [1.82, 2.24) is 10.9 Å². The first kappa shape index (κ1) is 21.4. The summed E-state index contributed by atoms with van der Waals surface area (Å²) in [6.45, 7) is 7.00. The SMILES string of the molecule is CCCCCCCCCOc1ccc(/C=C2\C(=O)NNC2(C)C)c2ccccc12. The molecule has 1 fully saturated rings. The van der Waals surface area contributed by atoms with Gasteiger partial charge in [0.05, 0.1) is 12.1 Å². The van der Waals surface area contributed by atoms with E-state index in [4.69, 9.17) is 4.74 Å². The molecule has 0 radical (unpaired) electrons. The summed E-state index contributed by atoms with van der Waals surface area (Å²) in [5.41, 5.74) is 7.12. The lowest BCUT2D eigenvalue weighted by molar-refractivity contribution is -0.116. The summed E-state index contributed by atoms with van der Waals surface area (Å²) in [5, 5.41) is 2.20. The lowest BCUT2D eigenvalue weighted by Gasteiger charge is -2.17. The van der Waals surface area contributed by atoms with Gasteiger partial charge in [-0.15, -0.1) is 0 Å². The Bertz CT molecular complexity index is 870. The van der Waals surface area contributed by atoms with Crippen molar-refractivity contribution < 1.29 is 9.53 Å². The first-order valence-corrected chi connectivity index (χ1v) is 11.0. The molecular formula is C25H34N2O2. The lowest BCUT2D eigenvalue weighted by Crippen LogP contribution is -2.38. The molecule has 1 aliphatic heterocycles. The molecule has 0 bridgehead atoms. The third-order valence-corrected chi connectivity index (χ3v) is 5.63. The van der Waals surface area contributed by atoms with E-state index in [9.17, 15) is 4.79 Å². The summed E-state index contributed by atoms with van der Waals surface area (Å²) >= 11 is 0. The number of carbonyl (C=O) groups excluding carboxylic acids is 1. The van der Waals surface area contributed by atoms with Crippen molar-refractivity contribution in [2.24, 2.45) is 0 Å². The highest BCUT2D eigenvalue weighted by molar-refractivity contribution is 6.04. The Hall–Kier alpha value is -2.33. The smallest absolute Gasteiger partial charge is 0.263 e. The number of unbranched alkanes of at least 4 members (excludes halogenated alkanes) is 6. The molecule has 156 valence electrons. The Morgan fingerprint density at radius 3 is 2.31 bits per heavy atom. The fraction of sp³-hybridized carbons (Fsp3) is 0.480. The van der Waals surface area contributed by atoms with Gasteiger partial charge in [-0.25, -0.2) is 5.43 Å². The van der Waals surface area contributed by atoms with Crippen LogP contribution in [0.4, 0.5) is 0 Å². The molecule has 1 heterocycles. The summed E-state index contributed by atoms with van der Waals surface area (Å²) in [6.07, 6.45) is 10.9. The van der Waals surface area contributed by atoms with E-state index in [0.717, 1.165) is 40.7 Å². The van der Waals surface area contributed by atoms with Crippen molar-refractivity contribution in [2.75, 3.05) is 6.61 Å². The minimum Gasteiger partial charge on any atom is -0.493 e. The summed E-state index contributed by atoms with van der Waals surface area (Å²) < 4.78 is 6.12. The molecule has 1 amide bonds. The van der Waals surface area contributed by atoms with Crippen LogP contribution in [0.3, 0.4) is 0 Å². The Morgan fingerprint density at radius 1 is 0.931 bits per heavy atom. The van der Waals surface area contributed by atoms with Gasteiger partial charge in [0.15, 0.2) is 0 Å². The van der Waals surface area contributed by atoms with Crippen LogP contribution in [0.15, 0.2) is 42.0 Å². The van der Waals surface area contributed by atoms with Crippen molar-refractivity contribution in [3.63, 3.8) is 0 Å². The number of nitrogens with one attached hydrogen (secondary N) is 2. The summed E-state index contributed by atoms with van der Waals surface area (Å²) in [6, 6.07) is 12.3. The fourth-order valence-electron chi connectivity index (χ4n) is 3.82. The number of ether oxygens (including phenoxy) is 1. The molecule has 3 rings (SSSR count). The Kier molecular flexibility index (Phi) is 7.32. The molecule has 2 aromatic carbocycles.